The highest BCUT2D eigenvalue weighted by Gasteiger charge is 2.14. The molecule has 0 fully saturated rings. The molecule has 5 nitrogen and oxygen atoms in total. The van der Waals surface area contributed by atoms with Crippen LogP contribution >= 0.6 is 11.3 Å². The van der Waals surface area contributed by atoms with Crippen molar-refractivity contribution in [2.45, 2.75) is 19.4 Å². The molecule has 74 valence electrons. The second-order valence-electron chi connectivity index (χ2n) is 2.83. The largest absolute Gasteiger partial charge is 0.418 e. The summed E-state index contributed by atoms with van der Waals surface area (Å²) in [6.45, 7) is 1.97. The van der Waals surface area contributed by atoms with Gasteiger partial charge in [0.05, 0.1) is 17.7 Å². The van der Waals surface area contributed by atoms with Gasteiger partial charge < -0.3 is 10.2 Å². The van der Waals surface area contributed by atoms with Gasteiger partial charge in [-0.3, -0.25) is 4.98 Å². The summed E-state index contributed by atoms with van der Waals surface area (Å²) in [4.78, 5) is 4.80. The van der Waals surface area contributed by atoms with E-state index >= 15 is 0 Å². The zero-order valence-corrected chi connectivity index (χ0v) is 8.49. The second-order valence-corrected chi connectivity index (χ2v) is 3.71. The third kappa shape index (κ3) is 1.66. The Hall–Kier alpha value is -1.27. The molecule has 6 heteroatoms. The van der Waals surface area contributed by atoms with Crippen molar-refractivity contribution in [2.75, 3.05) is 0 Å². The third-order valence-corrected chi connectivity index (χ3v) is 2.60. The van der Waals surface area contributed by atoms with Crippen LogP contribution in [0.4, 0.5) is 0 Å². The molecule has 0 radical (unpaired) electrons. The lowest BCUT2D eigenvalue weighted by Gasteiger charge is -1.99. The van der Waals surface area contributed by atoms with Crippen LogP contribution in [0.2, 0.25) is 0 Å². The summed E-state index contributed by atoms with van der Waals surface area (Å²) in [5.41, 5.74) is 7.47. The molecule has 2 aromatic rings. The van der Waals surface area contributed by atoms with Gasteiger partial charge in [-0.1, -0.05) is 6.92 Å². The summed E-state index contributed by atoms with van der Waals surface area (Å²) >= 11 is 1.46. The minimum absolute atomic E-state index is 0.177. The monoisotopic (exact) mass is 210 g/mol. The fraction of sp³-hybridized carbons (Fsp3) is 0.375. The Kier molecular flexibility index (Phi) is 2.55. The van der Waals surface area contributed by atoms with Gasteiger partial charge in [0.15, 0.2) is 0 Å². The van der Waals surface area contributed by atoms with E-state index < -0.39 is 0 Å². The first-order valence-corrected chi connectivity index (χ1v) is 5.17. The highest BCUT2D eigenvalue weighted by molar-refractivity contribution is 7.13. The summed E-state index contributed by atoms with van der Waals surface area (Å²) in [7, 11) is 0. The molecule has 0 spiro atoms. The molecule has 0 saturated carbocycles. The number of thiazole rings is 1. The van der Waals surface area contributed by atoms with E-state index in [1.807, 2.05) is 6.92 Å². The quantitative estimate of drug-likeness (QED) is 0.832. The van der Waals surface area contributed by atoms with E-state index in [1.54, 1.807) is 11.7 Å². The van der Waals surface area contributed by atoms with Gasteiger partial charge in [0, 0.05) is 0 Å². The van der Waals surface area contributed by atoms with Crippen molar-refractivity contribution < 1.29 is 4.42 Å². The van der Waals surface area contributed by atoms with Crippen LogP contribution in [0, 0.1) is 0 Å². The molecule has 2 N–H and O–H groups in total. The normalized spacial score (nSPS) is 13.0. The smallest absolute Gasteiger partial charge is 0.259 e. The average molecular weight is 210 g/mol. The molecule has 2 aromatic heterocycles. The van der Waals surface area contributed by atoms with Gasteiger partial charge in [-0.25, -0.2) is 0 Å². The lowest BCUT2D eigenvalue weighted by Crippen LogP contribution is -2.08. The molecule has 1 atom stereocenters. The molecule has 1 unspecified atom stereocenters. The Morgan fingerprint density at radius 3 is 3.07 bits per heavy atom. The van der Waals surface area contributed by atoms with E-state index in [0.717, 1.165) is 11.3 Å². The summed E-state index contributed by atoms with van der Waals surface area (Å²) in [5.74, 6) is 0.974. The fourth-order valence-electron chi connectivity index (χ4n) is 0.980. The topological polar surface area (TPSA) is 77.8 Å². The third-order valence-electron chi connectivity index (χ3n) is 1.84. The zero-order chi connectivity index (χ0) is 9.97. The predicted molar refractivity (Wildman–Crippen MR) is 52.6 cm³/mol. The highest BCUT2D eigenvalue weighted by Crippen LogP contribution is 2.23. The van der Waals surface area contributed by atoms with Crippen LogP contribution in [0.15, 0.2) is 16.1 Å². The molecule has 0 aliphatic rings. The van der Waals surface area contributed by atoms with E-state index in [2.05, 4.69) is 15.2 Å². The predicted octanol–water partition coefficient (Wildman–Crippen LogP) is 1.60. The number of aromatic nitrogens is 3. The molecule has 0 bridgehead atoms. The fourth-order valence-corrected chi connectivity index (χ4v) is 1.52. The van der Waals surface area contributed by atoms with Crippen molar-refractivity contribution in [1.82, 2.24) is 15.2 Å². The molecule has 0 saturated heterocycles. The SMILES string of the molecule is CCC(N)c1nnc(-c2cncs2)o1. The summed E-state index contributed by atoms with van der Waals surface area (Å²) in [6.07, 6.45) is 2.48. The first-order chi connectivity index (χ1) is 6.81. The Labute approximate surface area is 85.0 Å². The lowest BCUT2D eigenvalue weighted by atomic mass is 10.2. The summed E-state index contributed by atoms with van der Waals surface area (Å²) in [6, 6.07) is -0.177. The van der Waals surface area contributed by atoms with E-state index in [-0.39, 0.29) is 6.04 Å². The molecule has 0 aliphatic heterocycles. The maximum Gasteiger partial charge on any atom is 0.259 e. The number of nitrogens with two attached hydrogens (primary N) is 1. The van der Waals surface area contributed by atoms with Gasteiger partial charge in [-0.05, 0) is 6.42 Å². The van der Waals surface area contributed by atoms with Crippen molar-refractivity contribution in [3.05, 3.63) is 17.6 Å². The molecule has 0 aliphatic carbocycles. The van der Waals surface area contributed by atoms with Crippen LogP contribution in [-0.2, 0) is 0 Å². The molecular weight excluding hydrogens is 200 g/mol. The van der Waals surface area contributed by atoms with Gasteiger partial charge >= 0.3 is 0 Å². The van der Waals surface area contributed by atoms with Crippen LogP contribution in [0.1, 0.15) is 25.3 Å². The van der Waals surface area contributed by atoms with Crippen molar-refractivity contribution in [2.24, 2.45) is 5.73 Å². The van der Waals surface area contributed by atoms with Gasteiger partial charge in [0.25, 0.3) is 5.89 Å². The van der Waals surface area contributed by atoms with Crippen molar-refractivity contribution in [3.8, 4) is 10.8 Å². The standard InChI is InChI=1S/C8H10N4OS/c1-2-5(9)7-11-12-8(13-7)6-3-10-4-14-6/h3-5H,2,9H2,1H3. The minimum Gasteiger partial charge on any atom is -0.418 e. The summed E-state index contributed by atoms with van der Waals surface area (Å²) in [5, 5.41) is 7.78. The van der Waals surface area contributed by atoms with Crippen LogP contribution in [0.5, 0.6) is 0 Å². The molecule has 0 aromatic carbocycles. The van der Waals surface area contributed by atoms with Gasteiger partial charge in [-0.15, -0.1) is 21.5 Å². The zero-order valence-electron chi connectivity index (χ0n) is 7.67. The van der Waals surface area contributed by atoms with E-state index in [4.69, 9.17) is 10.2 Å². The van der Waals surface area contributed by atoms with Crippen LogP contribution in [0.25, 0.3) is 10.8 Å². The molecular formula is C8H10N4OS. The maximum absolute atomic E-state index is 5.75. The molecule has 14 heavy (non-hydrogen) atoms. The van der Waals surface area contributed by atoms with Crippen molar-refractivity contribution in [3.63, 3.8) is 0 Å². The molecule has 2 heterocycles. The molecule has 0 amide bonds. The van der Waals surface area contributed by atoms with Gasteiger partial charge in [-0.2, -0.15) is 0 Å². The Bertz CT molecular complexity index is 397. The number of hydrogen-bond donors (Lipinski definition) is 1. The maximum atomic E-state index is 5.75. The van der Waals surface area contributed by atoms with Gasteiger partial charge in [0.2, 0.25) is 5.89 Å². The number of hydrogen-bond acceptors (Lipinski definition) is 6. The van der Waals surface area contributed by atoms with E-state index in [1.165, 1.54) is 11.3 Å². The first-order valence-electron chi connectivity index (χ1n) is 4.29. The van der Waals surface area contributed by atoms with E-state index in [0.29, 0.717) is 11.8 Å². The Morgan fingerprint density at radius 1 is 1.57 bits per heavy atom. The van der Waals surface area contributed by atoms with E-state index in [9.17, 15) is 0 Å². The summed E-state index contributed by atoms with van der Waals surface area (Å²) < 4.78 is 5.40. The van der Waals surface area contributed by atoms with Crippen molar-refractivity contribution in [1.29, 1.82) is 0 Å². The van der Waals surface area contributed by atoms with Gasteiger partial charge in [0.1, 0.15) is 4.88 Å². The lowest BCUT2D eigenvalue weighted by molar-refractivity contribution is 0.453. The first kappa shape index (κ1) is 9.29. The minimum atomic E-state index is -0.177. The number of rotatable bonds is 3. The number of nitrogens with zero attached hydrogens (tertiary/aromatic N) is 3. The molecule has 2 rings (SSSR count). The second kappa shape index (κ2) is 3.85. The van der Waals surface area contributed by atoms with Crippen LogP contribution < -0.4 is 5.73 Å². The Morgan fingerprint density at radius 2 is 2.43 bits per heavy atom. The van der Waals surface area contributed by atoms with Crippen molar-refractivity contribution >= 4 is 11.3 Å². The van der Waals surface area contributed by atoms with Crippen LogP contribution in [0.3, 0.4) is 0 Å². The Balaban J connectivity index is 2.26. The highest BCUT2D eigenvalue weighted by atomic mass is 32.1. The average Bonchev–Trinajstić information content (AvgIpc) is 2.86. The van der Waals surface area contributed by atoms with Crippen LogP contribution in [-0.4, -0.2) is 15.2 Å².